The summed E-state index contributed by atoms with van der Waals surface area (Å²) in [6.45, 7) is 0.670. The Bertz CT molecular complexity index is 496. The van der Waals surface area contributed by atoms with E-state index in [9.17, 15) is 0 Å². The van der Waals surface area contributed by atoms with Gasteiger partial charge in [0.05, 0.1) is 6.26 Å². The van der Waals surface area contributed by atoms with Crippen molar-refractivity contribution in [2.75, 3.05) is 36.6 Å². The fourth-order valence-electron chi connectivity index (χ4n) is 1.41. The van der Waals surface area contributed by atoms with Gasteiger partial charge in [0.2, 0.25) is 17.8 Å². The number of nitrogens with two attached hydrogens (primary N) is 1. The maximum absolute atomic E-state index is 5.62. The normalized spacial score (nSPS) is 10.3. The Balaban J connectivity index is 1.96. The number of nitrogens with zero attached hydrogens (tertiary/aromatic N) is 4. The molecule has 7 nitrogen and oxygen atoms in total. The Morgan fingerprint density at radius 1 is 1.33 bits per heavy atom. The molecule has 96 valence electrons. The van der Waals surface area contributed by atoms with E-state index in [4.69, 9.17) is 10.2 Å². The van der Waals surface area contributed by atoms with Crippen molar-refractivity contribution in [1.29, 1.82) is 0 Å². The average Bonchev–Trinajstić information content (AvgIpc) is 2.81. The first-order valence-corrected chi connectivity index (χ1v) is 5.60. The number of nitrogens with one attached hydrogen (secondary N) is 1. The maximum atomic E-state index is 5.62. The highest BCUT2D eigenvalue weighted by molar-refractivity contribution is 5.40. The van der Waals surface area contributed by atoms with Crippen LogP contribution in [0.15, 0.2) is 22.8 Å². The van der Waals surface area contributed by atoms with Gasteiger partial charge in [0, 0.05) is 27.1 Å². The fraction of sp³-hybridized carbons (Fsp3) is 0.364. The first-order chi connectivity index (χ1) is 8.65. The van der Waals surface area contributed by atoms with Gasteiger partial charge in [-0.2, -0.15) is 15.0 Å². The van der Waals surface area contributed by atoms with E-state index in [1.165, 1.54) is 0 Å². The predicted molar refractivity (Wildman–Crippen MR) is 69.5 cm³/mol. The van der Waals surface area contributed by atoms with Crippen LogP contribution in [-0.2, 0) is 6.42 Å². The van der Waals surface area contributed by atoms with E-state index in [-0.39, 0.29) is 5.95 Å². The van der Waals surface area contributed by atoms with Gasteiger partial charge >= 0.3 is 0 Å². The van der Waals surface area contributed by atoms with Crippen LogP contribution < -0.4 is 16.0 Å². The number of nitrogen functional groups attached to an aromatic ring is 1. The third-order valence-corrected chi connectivity index (χ3v) is 2.28. The number of hydrogen-bond donors (Lipinski definition) is 2. The lowest BCUT2D eigenvalue weighted by Crippen LogP contribution is -2.17. The predicted octanol–water partition coefficient (Wildman–Crippen LogP) is 0.767. The molecule has 2 rings (SSSR count). The molecular formula is C11H16N6O. The molecule has 0 amide bonds. The second-order valence-corrected chi connectivity index (χ2v) is 3.97. The summed E-state index contributed by atoms with van der Waals surface area (Å²) in [6.07, 6.45) is 2.41. The highest BCUT2D eigenvalue weighted by Crippen LogP contribution is 2.09. The second-order valence-electron chi connectivity index (χ2n) is 3.97. The molecule has 0 aliphatic rings. The van der Waals surface area contributed by atoms with Crippen molar-refractivity contribution >= 4 is 17.8 Å². The molecule has 0 unspecified atom stereocenters. The molecule has 7 heteroatoms. The quantitative estimate of drug-likeness (QED) is 0.807. The van der Waals surface area contributed by atoms with E-state index < -0.39 is 0 Å². The van der Waals surface area contributed by atoms with Crippen LogP contribution in [0.5, 0.6) is 0 Å². The zero-order valence-electron chi connectivity index (χ0n) is 10.4. The zero-order chi connectivity index (χ0) is 13.0. The highest BCUT2D eigenvalue weighted by Gasteiger charge is 2.05. The van der Waals surface area contributed by atoms with Crippen LogP contribution in [0.4, 0.5) is 17.8 Å². The van der Waals surface area contributed by atoms with Crippen LogP contribution in [-0.4, -0.2) is 35.6 Å². The molecule has 0 spiro atoms. The molecular weight excluding hydrogens is 232 g/mol. The van der Waals surface area contributed by atoms with Gasteiger partial charge < -0.3 is 20.4 Å². The van der Waals surface area contributed by atoms with Crippen LogP contribution >= 0.6 is 0 Å². The molecule has 0 radical (unpaired) electrons. The van der Waals surface area contributed by atoms with Gasteiger partial charge in [0.1, 0.15) is 5.76 Å². The summed E-state index contributed by atoms with van der Waals surface area (Å²) in [7, 11) is 3.70. The average molecular weight is 248 g/mol. The minimum atomic E-state index is 0.203. The lowest BCUT2D eigenvalue weighted by Gasteiger charge is -2.11. The molecule has 0 aromatic carbocycles. The van der Waals surface area contributed by atoms with E-state index in [1.54, 1.807) is 11.2 Å². The van der Waals surface area contributed by atoms with Gasteiger partial charge in [0.25, 0.3) is 0 Å². The van der Waals surface area contributed by atoms with Crippen LogP contribution in [0.25, 0.3) is 0 Å². The Kier molecular flexibility index (Phi) is 3.61. The topological polar surface area (TPSA) is 93.1 Å². The molecule has 0 bridgehead atoms. The zero-order valence-corrected chi connectivity index (χ0v) is 10.4. The Morgan fingerprint density at radius 2 is 2.17 bits per heavy atom. The van der Waals surface area contributed by atoms with E-state index in [1.807, 2.05) is 26.2 Å². The summed E-state index contributed by atoms with van der Waals surface area (Å²) >= 11 is 0. The second kappa shape index (κ2) is 5.35. The van der Waals surface area contributed by atoms with Gasteiger partial charge in [-0.3, -0.25) is 0 Å². The lowest BCUT2D eigenvalue weighted by atomic mass is 10.3. The van der Waals surface area contributed by atoms with Gasteiger partial charge in [0.15, 0.2) is 0 Å². The molecule has 0 aliphatic heterocycles. The summed E-state index contributed by atoms with van der Waals surface area (Å²) in [6, 6.07) is 3.79. The van der Waals surface area contributed by atoms with Gasteiger partial charge in [-0.25, -0.2) is 0 Å². The summed E-state index contributed by atoms with van der Waals surface area (Å²) < 4.78 is 5.23. The minimum Gasteiger partial charge on any atom is -0.469 e. The number of furan rings is 1. The van der Waals surface area contributed by atoms with Gasteiger partial charge in [-0.05, 0) is 12.1 Å². The third-order valence-electron chi connectivity index (χ3n) is 2.28. The number of rotatable bonds is 5. The third kappa shape index (κ3) is 3.09. The van der Waals surface area contributed by atoms with Crippen molar-refractivity contribution in [1.82, 2.24) is 15.0 Å². The molecule has 2 aromatic heterocycles. The molecule has 0 saturated heterocycles. The van der Waals surface area contributed by atoms with Crippen LogP contribution in [0.3, 0.4) is 0 Å². The van der Waals surface area contributed by atoms with Crippen molar-refractivity contribution < 1.29 is 4.42 Å². The molecule has 18 heavy (non-hydrogen) atoms. The molecule has 2 aromatic rings. The Morgan fingerprint density at radius 3 is 2.83 bits per heavy atom. The molecule has 0 fully saturated rings. The summed E-state index contributed by atoms with van der Waals surface area (Å²) in [5.74, 6) is 2.12. The van der Waals surface area contributed by atoms with Crippen molar-refractivity contribution in [3.05, 3.63) is 24.2 Å². The number of hydrogen-bond acceptors (Lipinski definition) is 7. The van der Waals surface area contributed by atoms with E-state index >= 15 is 0 Å². The summed E-state index contributed by atoms with van der Waals surface area (Å²) in [4.78, 5) is 14.0. The number of anilines is 3. The van der Waals surface area contributed by atoms with Crippen LogP contribution in [0.2, 0.25) is 0 Å². The summed E-state index contributed by atoms with van der Waals surface area (Å²) in [5, 5.41) is 3.09. The van der Waals surface area contributed by atoms with E-state index in [2.05, 4.69) is 20.3 Å². The minimum absolute atomic E-state index is 0.203. The molecule has 2 heterocycles. The smallest absolute Gasteiger partial charge is 0.231 e. The largest absolute Gasteiger partial charge is 0.469 e. The fourth-order valence-corrected chi connectivity index (χ4v) is 1.41. The standard InChI is InChI=1S/C11H16N6O/c1-17(2)11-15-9(12)14-10(16-11)13-6-5-8-4-3-7-18-8/h3-4,7H,5-6H2,1-2H3,(H3,12,13,14,15,16). The van der Waals surface area contributed by atoms with Crippen molar-refractivity contribution in [3.63, 3.8) is 0 Å². The van der Waals surface area contributed by atoms with Crippen LogP contribution in [0, 0.1) is 0 Å². The molecule has 0 atom stereocenters. The highest BCUT2D eigenvalue weighted by atomic mass is 16.3. The Hall–Kier alpha value is -2.31. The Labute approximate surface area is 105 Å². The van der Waals surface area contributed by atoms with E-state index in [0.29, 0.717) is 18.4 Å². The van der Waals surface area contributed by atoms with Gasteiger partial charge in [-0.1, -0.05) is 0 Å². The first kappa shape index (κ1) is 12.2. The lowest BCUT2D eigenvalue weighted by molar-refractivity contribution is 0.512. The molecule has 0 aliphatic carbocycles. The monoisotopic (exact) mass is 248 g/mol. The van der Waals surface area contributed by atoms with Crippen molar-refractivity contribution in [2.45, 2.75) is 6.42 Å². The molecule has 3 N–H and O–H groups in total. The van der Waals surface area contributed by atoms with Crippen LogP contribution in [0.1, 0.15) is 5.76 Å². The number of aromatic nitrogens is 3. The van der Waals surface area contributed by atoms with Crippen molar-refractivity contribution in [2.24, 2.45) is 0 Å². The molecule has 0 saturated carbocycles. The van der Waals surface area contributed by atoms with Crippen molar-refractivity contribution in [3.8, 4) is 0 Å². The maximum Gasteiger partial charge on any atom is 0.231 e. The SMILES string of the molecule is CN(C)c1nc(N)nc(NCCc2ccco2)n1. The van der Waals surface area contributed by atoms with Gasteiger partial charge in [-0.15, -0.1) is 0 Å². The first-order valence-electron chi connectivity index (χ1n) is 5.60. The van der Waals surface area contributed by atoms with E-state index in [0.717, 1.165) is 12.2 Å². The summed E-state index contributed by atoms with van der Waals surface area (Å²) in [5.41, 5.74) is 5.62.